The molecule has 26 heavy (non-hydrogen) atoms. The average Bonchev–Trinajstić information content (AvgIpc) is 2.67. The number of nitrogens with one attached hydrogen (secondary N) is 1. The fraction of sp³-hybridized carbons (Fsp3) is 0.333. The van der Waals surface area contributed by atoms with Gasteiger partial charge in [-0.1, -0.05) is 13.8 Å². The van der Waals surface area contributed by atoms with Gasteiger partial charge in [-0.25, -0.2) is 8.42 Å². The van der Waals surface area contributed by atoms with Gasteiger partial charge in [0.15, 0.2) is 0 Å². The van der Waals surface area contributed by atoms with Crippen LogP contribution in [0.2, 0.25) is 0 Å². The molecule has 1 aromatic carbocycles. The van der Waals surface area contributed by atoms with Crippen LogP contribution in [0.25, 0.3) is 0 Å². The second-order valence-electron chi connectivity index (χ2n) is 5.49. The maximum absolute atomic E-state index is 12.7. The molecule has 0 fully saturated rings. The number of sulfonamides is 1. The summed E-state index contributed by atoms with van der Waals surface area (Å²) in [5, 5.41) is 2.77. The molecule has 7 nitrogen and oxygen atoms in total. The van der Waals surface area contributed by atoms with Crippen molar-refractivity contribution >= 4 is 15.9 Å². The number of carbonyl (C=O) groups is 1. The summed E-state index contributed by atoms with van der Waals surface area (Å²) in [7, 11) is -2.22. The van der Waals surface area contributed by atoms with E-state index in [9.17, 15) is 13.2 Å². The first-order valence-corrected chi connectivity index (χ1v) is 9.73. The number of ether oxygens (including phenoxy) is 1. The number of amides is 1. The zero-order chi connectivity index (χ0) is 19.2. The van der Waals surface area contributed by atoms with Crippen molar-refractivity contribution in [3.05, 3.63) is 53.9 Å². The van der Waals surface area contributed by atoms with Crippen molar-refractivity contribution < 1.29 is 17.9 Å². The van der Waals surface area contributed by atoms with E-state index in [1.165, 1.54) is 29.6 Å². The summed E-state index contributed by atoms with van der Waals surface area (Å²) in [5.74, 6) is -0.0917. The minimum absolute atomic E-state index is 0.0658. The van der Waals surface area contributed by atoms with Crippen molar-refractivity contribution in [1.82, 2.24) is 14.6 Å². The van der Waals surface area contributed by atoms with E-state index >= 15 is 0 Å². The van der Waals surface area contributed by atoms with Gasteiger partial charge in [-0.2, -0.15) is 4.31 Å². The lowest BCUT2D eigenvalue weighted by Gasteiger charge is -2.19. The van der Waals surface area contributed by atoms with E-state index in [4.69, 9.17) is 4.74 Å². The molecule has 1 amide bonds. The van der Waals surface area contributed by atoms with Crippen LogP contribution in [0.5, 0.6) is 5.75 Å². The highest BCUT2D eigenvalue weighted by Crippen LogP contribution is 2.24. The van der Waals surface area contributed by atoms with Crippen LogP contribution in [-0.2, 0) is 16.6 Å². The third-order valence-electron chi connectivity index (χ3n) is 3.96. The van der Waals surface area contributed by atoms with Crippen molar-refractivity contribution in [1.29, 1.82) is 0 Å². The Bertz CT molecular complexity index is 850. The molecule has 0 spiro atoms. The molecule has 0 bridgehead atoms. The van der Waals surface area contributed by atoms with E-state index in [1.807, 2.05) is 0 Å². The van der Waals surface area contributed by atoms with Crippen molar-refractivity contribution in [3.63, 3.8) is 0 Å². The SMILES string of the molecule is CCN(CC)S(=O)(=O)c1ccc(OC)c(C(=O)NCc2ccncc2)c1. The fourth-order valence-corrected chi connectivity index (χ4v) is 4.00. The molecule has 0 aliphatic rings. The van der Waals surface area contributed by atoms with E-state index in [2.05, 4.69) is 10.3 Å². The quantitative estimate of drug-likeness (QED) is 0.761. The molecule has 0 atom stereocenters. The molecule has 1 heterocycles. The van der Waals surface area contributed by atoms with E-state index in [-0.39, 0.29) is 10.5 Å². The summed E-state index contributed by atoms with van der Waals surface area (Å²) >= 11 is 0. The molecule has 1 aromatic heterocycles. The Morgan fingerprint density at radius 1 is 1.15 bits per heavy atom. The maximum atomic E-state index is 12.7. The summed E-state index contributed by atoms with van der Waals surface area (Å²) in [4.78, 5) is 16.6. The van der Waals surface area contributed by atoms with Crippen LogP contribution >= 0.6 is 0 Å². The van der Waals surface area contributed by atoms with Crippen LogP contribution in [-0.4, -0.2) is 43.8 Å². The van der Waals surface area contributed by atoms with E-state index in [0.717, 1.165) is 5.56 Å². The van der Waals surface area contributed by atoms with Crippen molar-refractivity contribution in [3.8, 4) is 5.75 Å². The largest absolute Gasteiger partial charge is 0.496 e. The summed E-state index contributed by atoms with van der Waals surface area (Å²) in [6.45, 7) is 4.56. The first kappa shape index (κ1) is 19.9. The van der Waals surface area contributed by atoms with Crippen molar-refractivity contribution in [2.45, 2.75) is 25.3 Å². The first-order valence-electron chi connectivity index (χ1n) is 8.29. The summed E-state index contributed by atoms with van der Waals surface area (Å²) < 4.78 is 32.0. The van der Waals surface area contributed by atoms with Gasteiger partial charge in [-0.05, 0) is 35.9 Å². The number of hydrogen-bond acceptors (Lipinski definition) is 5. The van der Waals surface area contributed by atoms with Crippen LogP contribution in [0.4, 0.5) is 0 Å². The van der Waals surface area contributed by atoms with Crippen molar-refractivity contribution in [2.75, 3.05) is 20.2 Å². The first-order chi connectivity index (χ1) is 12.4. The standard InChI is InChI=1S/C18H23N3O4S/c1-4-21(5-2)26(23,24)15-6-7-17(25-3)16(12-15)18(22)20-13-14-8-10-19-11-9-14/h6-12H,4-5,13H2,1-3H3,(H,20,22). The number of benzene rings is 1. The van der Waals surface area contributed by atoms with Gasteiger partial charge in [0.05, 0.1) is 17.6 Å². The highest BCUT2D eigenvalue weighted by molar-refractivity contribution is 7.89. The van der Waals surface area contributed by atoms with Crippen LogP contribution in [0.1, 0.15) is 29.8 Å². The van der Waals surface area contributed by atoms with Crippen LogP contribution < -0.4 is 10.1 Å². The highest BCUT2D eigenvalue weighted by Gasteiger charge is 2.24. The van der Waals surface area contributed by atoms with Gasteiger partial charge in [-0.15, -0.1) is 0 Å². The Balaban J connectivity index is 2.30. The normalized spacial score (nSPS) is 11.4. The third-order valence-corrected chi connectivity index (χ3v) is 6.01. The zero-order valence-corrected chi connectivity index (χ0v) is 15.9. The number of carbonyl (C=O) groups excluding carboxylic acids is 1. The lowest BCUT2D eigenvalue weighted by molar-refractivity contribution is 0.0947. The molecule has 0 saturated heterocycles. The predicted octanol–water partition coefficient (Wildman–Crippen LogP) is 2.05. The molecule has 0 unspecified atom stereocenters. The van der Waals surface area contributed by atoms with Gasteiger partial charge in [0.1, 0.15) is 5.75 Å². The summed E-state index contributed by atoms with van der Waals surface area (Å²) in [5.41, 5.74) is 1.06. The molecule has 0 radical (unpaired) electrons. The zero-order valence-electron chi connectivity index (χ0n) is 15.1. The predicted molar refractivity (Wildman–Crippen MR) is 98.5 cm³/mol. The number of nitrogens with zero attached hydrogens (tertiary/aromatic N) is 2. The molecule has 8 heteroatoms. The van der Waals surface area contributed by atoms with Crippen LogP contribution in [0.15, 0.2) is 47.6 Å². The van der Waals surface area contributed by atoms with Gasteiger partial charge >= 0.3 is 0 Å². The Labute approximate surface area is 154 Å². The monoisotopic (exact) mass is 377 g/mol. The minimum atomic E-state index is -3.66. The summed E-state index contributed by atoms with van der Waals surface area (Å²) in [6, 6.07) is 7.88. The third kappa shape index (κ3) is 4.39. The molecule has 0 saturated carbocycles. The molecular formula is C18H23N3O4S. The second-order valence-corrected chi connectivity index (χ2v) is 7.43. The van der Waals surface area contributed by atoms with Crippen LogP contribution in [0.3, 0.4) is 0 Å². The van der Waals surface area contributed by atoms with Crippen molar-refractivity contribution in [2.24, 2.45) is 0 Å². The number of hydrogen-bond donors (Lipinski definition) is 1. The Morgan fingerprint density at radius 3 is 2.38 bits per heavy atom. The number of rotatable bonds is 8. The second kappa shape index (κ2) is 8.77. The van der Waals surface area contributed by atoms with Gasteiger partial charge in [0, 0.05) is 32.0 Å². The lowest BCUT2D eigenvalue weighted by Crippen LogP contribution is -2.31. The van der Waals surface area contributed by atoms with Gasteiger partial charge in [0.2, 0.25) is 10.0 Å². The average molecular weight is 377 g/mol. The summed E-state index contributed by atoms with van der Waals surface area (Å²) in [6.07, 6.45) is 3.28. The Kier molecular flexibility index (Phi) is 6.70. The molecule has 2 rings (SSSR count). The number of methoxy groups -OCH3 is 1. The van der Waals surface area contributed by atoms with Gasteiger partial charge in [-0.3, -0.25) is 9.78 Å². The highest BCUT2D eigenvalue weighted by atomic mass is 32.2. The fourth-order valence-electron chi connectivity index (χ4n) is 2.52. The molecule has 0 aliphatic heterocycles. The lowest BCUT2D eigenvalue weighted by atomic mass is 10.2. The van der Waals surface area contributed by atoms with Crippen LogP contribution in [0, 0.1) is 0 Å². The Hall–Kier alpha value is -2.45. The molecule has 0 aliphatic carbocycles. The number of pyridine rings is 1. The minimum Gasteiger partial charge on any atom is -0.496 e. The molecule has 140 valence electrons. The van der Waals surface area contributed by atoms with Gasteiger partial charge in [0.25, 0.3) is 5.91 Å². The van der Waals surface area contributed by atoms with E-state index < -0.39 is 15.9 Å². The van der Waals surface area contributed by atoms with E-state index in [1.54, 1.807) is 38.4 Å². The van der Waals surface area contributed by atoms with Gasteiger partial charge < -0.3 is 10.1 Å². The smallest absolute Gasteiger partial charge is 0.255 e. The molecule has 2 aromatic rings. The molecular weight excluding hydrogens is 354 g/mol. The van der Waals surface area contributed by atoms with E-state index in [0.29, 0.717) is 25.4 Å². The molecule has 1 N–H and O–H groups in total. The topological polar surface area (TPSA) is 88.6 Å². The maximum Gasteiger partial charge on any atom is 0.255 e. The number of aromatic nitrogens is 1. The Morgan fingerprint density at radius 2 is 1.81 bits per heavy atom.